The van der Waals surface area contributed by atoms with Crippen molar-refractivity contribution in [1.29, 1.82) is 0 Å². The highest BCUT2D eigenvalue weighted by molar-refractivity contribution is 7.92. The van der Waals surface area contributed by atoms with Crippen molar-refractivity contribution in [3.05, 3.63) is 58.9 Å². The second kappa shape index (κ2) is 9.35. The van der Waals surface area contributed by atoms with Crippen LogP contribution in [0, 0.1) is 5.82 Å². The van der Waals surface area contributed by atoms with E-state index in [1.807, 2.05) is 4.72 Å². The van der Waals surface area contributed by atoms with Crippen LogP contribution in [0.5, 0.6) is 5.75 Å². The molecule has 0 unspecified atom stereocenters. The van der Waals surface area contributed by atoms with Gasteiger partial charge in [-0.1, -0.05) is 32.9 Å². The maximum Gasteiger partial charge on any atom is 0.419 e. The number of rotatable bonds is 7. The summed E-state index contributed by atoms with van der Waals surface area (Å²) in [6, 6.07) is 7.31. The van der Waals surface area contributed by atoms with Gasteiger partial charge in [-0.3, -0.25) is 9.52 Å². The third kappa shape index (κ3) is 7.40. The van der Waals surface area contributed by atoms with E-state index >= 15 is 0 Å². The number of nitrogens with one attached hydrogen (secondary N) is 2. The van der Waals surface area contributed by atoms with Gasteiger partial charge in [0.1, 0.15) is 11.6 Å². The number of amides is 1. The number of alkyl halides is 3. The number of carbonyl (C=O) groups excluding carboxylic acids is 1. The molecule has 2 aromatic carbocycles. The normalized spacial score (nSPS) is 12.4. The van der Waals surface area contributed by atoms with Crippen LogP contribution in [0.3, 0.4) is 0 Å². The summed E-state index contributed by atoms with van der Waals surface area (Å²) in [5.74, 6) is -2.02. The quantitative estimate of drug-likeness (QED) is 0.587. The van der Waals surface area contributed by atoms with Gasteiger partial charge in [0.25, 0.3) is 5.91 Å². The second-order valence-electron chi connectivity index (χ2n) is 8.21. The summed E-state index contributed by atoms with van der Waals surface area (Å²) in [7, 11) is -3.65. The number of halogens is 4. The second-order valence-corrected chi connectivity index (χ2v) is 9.96. The van der Waals surface area contributed by atoms with E-state index in [2.05, 4.69) is 5.32 Å². The first kappa shape index (κ1) is 25.4. The Morgan fingerprint density at radius 2 is 1.72 bits per heavy atom. The largest absolute Gasteiger partial charge is 0.483 e. The topological polar surface area (TPSA) is 84.5 Å². The Morgan fingerprint density at radius 3 is 2.25 bits per heavy atom. The number of hydrogen-bond donors (Lipinski definition) is 2. The molecule has 176 valence electrons. The van der Waals surface area contributed by atoms with Crippen LogP contribution in [-0.2, 0) is 33.0 Å². The van der Waals surface area contributed by atoms with E-state index in [1.165, 1.54) is 24.3 Å². The van der Waals surface area contributed by atoms with Crippen molar-refractivity contribution in [3.63, 3.8) is 0 Å². The number of anilines is 1. The van der Waals surface area contributed by atoms with Crippen LogP contribution in [0.25, 0.3) is 0 Å². The highest BCUT2D eigenvalue weighted by Crippen LogP contribution is 2.39. The highest BCUT2D eigenvalue weighted by Gasteiger charge is 2.35. The summed E-state index contributed by atoms with van der Waals surface area (Å²) in [6.45, 7) is 4.54. The molecule has 0 heterocycles. The van der Waals surface area contributed by atoms with Crippen molar-refractivity contribution in [2.24, 2.45) is 0 Å². The van der Waals surface area contributed by atoms with E-state index < -0.39 is 51.3 Å². The lowest BCUT2D eigenvalue weighted by molar-refractivity contribution is -0.139. The lowest BCUT2D eigenvalue weighted by Gasteiger charge is -2.22. The van der Waals surface area contributed by atoms with Gasteiger partial charge in [0.15, 0.2) is 6.61 Å². The van der Waals surface area contributed by atoms with Gasteiger partial charge >= 0.3 is 6.18 Å². The maximum absolute atomic E-state index is 14.0. The van der Waals surface area contributed by atoms with Crippen LogP contribution >= 0.6 is 0 Å². The molecule has 0 aliphatic rings. The van der Waals surface area contributed by atoms with Crippen LogP contribution in [0.15, 0.2) is 36.4 Å². The van der Waals surface area contributed by atoms with Crippen molar-refractivity contribution in [3.8, 4) is 5.75 Å². The van der Waals surface area contributed by atoms with E-state index in [-0.39, 0.29) is 12.2 Å². The molecule has 0 aromatic heterocycles. The van der Waals surface area contributed by atoms with Gasteiger partial charge in [0.2, 0.25) is 10.0 Å². The van der Waals surface area contributed by atoms with E-state index in [1.54, 1.807) is 20.8 Å². The number of sulfonamides is 1. The van der Waals surface area contributed by atoms with Gasteiger partial charge < -0.3 is 10.1 Å². The molecule has 2 N–H and O–H groups in total. The van der Waals surface area contributed by atoms with Gasteiger partial charge in [0, 0.05) is 6.54 Å². The lowest BCUT2D eigenvalue weighted by atomic mass is 9.86. The Kier molecular flexibility index (Phi) is 7.44. The molecule has 2 aromatic rings. The highest BCUT2D eigenvalue weighted by atomic mass is 32.2. The maximum atomic E-state index is 14.0. The molecular formula is C21H24F4N2O4S. The summed E-state index contributed by atoms with van der Waals surface area (Å²) in [4.78, 5) is 12.0. The summed E-state index contributed by atoms with van der Waals surface area (Å²) >= 11 is 0. The minimum atomic E-state index is -4.66. The number of benzene rings is 2. The number of ether oxygens (including phenoxy) is 1. The molecule has 0 aliphatic heterocycles. The van der Waals surface area contributed by atoms with Gasteiger partial charge in [-0.05, 0) is 40.8 Å². The Bertz CT molecular complexity index is 1090. The van der Waals surface area contributed by atoms with Crippen LogP contribution in [-0.4, -0.2) is 27.2 Å². The molecule has 1 amide bonds. The molecule has 0 bridgehead atoms. The van der Waals surface area contributed by atoms with Crippen molar-refractivity contribution >= 4 is 21.6 Å². The van der Waals surface area contributed by atoms with E-state index in [4.69, 9.17) is 4.74 Å². The third-order valence-corrected chi connectivity index (χ3v) is 4.92. The van der Waals surface area contributed by atoms with E-state index in [0.29, 0.717) is 11.1 Å². The standard InChI is InChI=1S/C21H24F4N2O4S/c1-20(2,3)14-6-8-18(15(10-14)21(23,24)25)31-12-19(28)26-11-13-5-7-17(16(22)9-13)27-32(4,29)30/h5-10,27H,11-12H2,1-4H3,(H,26,28). The first-order valence-corrected chi connectivity index (χ1v) is 11.3. The lowest BCUT2D eigenvalue weighted by Crippen LogP contribution is -2.29. The van der Waals surface area contributed by atoms with Gasteiger partial charge in [-0.15, -0.1) is 0 Å². The Morgan fingerprint density at radius 1 is 1.06 bits per heavy atom. The molecule has 11 heteroatoms. The van der Waals surface area contributed by atoms with Crippen molar-refractivity contribution in [2.45, 2.75) is 38.9 Å². The van der Waals surface area contributed by atoms with Crippen molar-refractivity contribution in [1.82, 2.24) is 5.32 Å². The predicted molar refractivity (Wildman–Crippen MR) is 112 cm³/mol. The van der Waals surface area contributed by atoms with Crippen LogP contribution < -0.4 is 14.8 Å². The summed E-state index contributed by atoms with van der Waals surface area (Å²) in [5.41, 5.74) is -0.937. The minimum absolute atomic E-state index is 0.132. The summed E-state index contributed by atoms with van der Waals surface area (Å²) in [6.07, 6.45) is -3.78. The van der Waals surface area contributed by atoms with Crippen LogP contribution in [0.1, 0.15) is 37.5 Å². The molecular weight excluding hydrogens is 452 g/mol. The molecule has 0 saturated carbocycles. The van der Waals surface area contributed by atoms with Gasteiger partial charge in [0.05, 0.1) is 17.5 Å². The van der Waals surface area contributed by atoms with Gasteiger partial charge in [-0.25, -0.2) is 12.8 Å². The monoisotopic (exact) mass is 476 g/mol. The van der Waals surface area contributed by atoms with E-state index in [9.17, 15) is 30.8 Å². The molecule has 0 aliphatic carbocycles. The van der Waals surface area contributed by atoms with Crippen LogP contribution in [0.2, 0.25) is 0 Å². The molecule has 32 heavy (non-hydrogen) atoms. The molecule has 2 rings (SSSR count). The molecule has 0 radical (unpaired) electrons. The minimum Gasteiger partial charge on any atom is -0.483 e. The molecule has 0 spiro atoms. The first-order chi connectivity index (χ1) is 14.6. The zero-order chi connectivity index (χ0) is 24.3. The van der Waals surface area contributed by atoms with E-state index in [0.717, 1.165) is 18.4 Å². The zero-order valence-corrected chi connectivity index (χ0v) is 18.7. The molecule has 0 fully saturated rings. The van der Waals surface area contributed by atoms with Gasteiger partial charge in [-0.2, -0.15) is 13.2 Å². The summed E-state index contributed by atoms with van der Waals surface area (Å²) in [5, 5.41) is 2.41. The number of carbonyl (C=O) groups is 1. The summed E-state index contributed by atoms with van der Waals surface area (Å²) < 4.78 is 83.7. The van der Waals surface area contributed by atoms with Crippen molar-refractivity contribution < 1.29 is 35.5 Å². The average molecular weight is 476 g/mol. The Balaban J connectivity index is 2.02. The zero-order valence-electron chi connectivity index (χ0n) is 17.9. The molecule has 0 atom stereocenters. The Hall–Kier alpha value is -2.82. The molecule has 0 saturated heterocycles. The first-order valence-electron chi connectivity index (χ1n) is 9.44. The molecule has 6 nitrogen and oxygen atoms in total. The third-order valence-electron chi connectivity index (χ3n) is 4.33. The fourth-order valence-electron chi connectivity index (χ4n) is 2.69. The number of hydrogen-bond acceptors (Lipinski definition) is 4. The predicted octanol–water partition coefficient (Wildman–Crippen LogP) is 4.21. The Labute approximate surface area is 184 Å². The average Bonchev–Trinajstić information content (AvgIpc) is 2.64. The van der Waals surface area contributed by atoms with Crippen molar-refractivity contribution in [2.75, 3.05) is 17.6 Å². The fourth-order valence-corrected chi connectivity index (χ4v) is 3.25. The smallest absolute Gasteiger partial charge is 0.419 e. The van der Waals surface area contributed by atoms with Crippen LogP contribution in [0.4, 0.5) is 23.2 Å². The fraction of sp³-hybridized carbons (Fsp3) is 0.381. The SMILES string of the molecule is CC(C)(C)c1ccc(OCC(=O)NCc2ccc(NS(C)(=O)=O)c(F)c2)c(C(F)(F)F)c1.